The molecule has 1 heterocycles. The predicted octanol–water partition coefficient (Wildman–Crippen LogP) is 3.15. The van der Waals surface area contributed by atoms with Crippen LogP contribution >= 0.6 is 11.6 Å². The van der Waals surface area contributed by atoms with Gasteiger partial charge in [0.15, 0.2) is 0 Å². The molecule has 88 valence electrons. The molecule has 1 aromatic carbocycles. The van der Waals surface area contributed by atoms with Crippen LogP contribution < -0.4 is 0 Å². The van der Waals surface area contributed by atoms with Gasteiger partial charge in [-0.05, 0) is 32.4 Å². The SMILES string of the molecule is Cc1ccccc1C(=O)n1nc(C)c(Cl)c1C. The molecule has 2 aromatic rings. The number of aryl methyl sites for hydroxylation is 2. The minimum atomic E-state index is -0.143. The highest BCUT2D eigenvalue weighted by Crippen LogP contribution is 2.20. The summed E-state index contributed by atoms with van der Waals surface area (Å²) in [6, 6.07) is 7.44. The Balaban J connectivity index is 2.52. The summed E-state index contributed by atoms with van der Waals surface area (Å²) in [7, 11) is 0. The molecule has 0 saturated heterocycles. The molecule has 4 heteroatoms. The molecular weight excluding hydrogens is 236 g/mol. The second kappa shape index (κ2) is 4.34. The van der Waals surface area contributed by atoms with Gasteiger partial charge in [-0.2, -0.15) is 9.78 Å². The molecule has 0 aliphatic carbocycles. The molecule has 17 heavy (non-hydrogen) atoms. The summed E-state index contributed by atoms with van der Waals surface area (Å²) < 4.78 is 1.36. The van der Waals surface area contributed by atoms with E-state index in [-0.39, 0.29) is 5.91 Å². The highest BCUT2D eigenvalue weighted by molar-refractivity contribution is 6.32. The van der Waals surface area contributed by atoms with E-state index in [0.29, 0.717) is 22.0 Å². The van der Waals surface area contributed by atoms with Crippen LogP contribution in [-0.4, -0.2) is 15.7 Å². The third kappa shape index (κ3) is 1.98. The zero-order valence-electron chi connectivity index (χ0n) is 9.99. The Morgan fingerprint density at radius 2 is 1.88 bits per heavy atom. The number of aromatic nitrogens is 2. The highest BCUT2D eigenvalue weighted by Gasteiger charge is 2.17. The lowest BCUT2D eigenvalue weighted by Gasteiger charge is -2.05. The van der Waals surface area contributed by atoms with Gasteiger partial charge in [-0.1, -0.05) is 29.8 Å². The molecule has 0 unspecified atom stereocenters. The largest absolute Gasteiger partial charge is 0.278 e. The molecule has 0 N–H and O–H groups in total. The fourth-order valence-corrected chi connectivity index (χ4v) is 1.87. The molecule has 1 aromatic heterocycles. The Hall–Kier alpha value is -1.61. The number of halogens is 1. The van der Waals surface area contributed by atoms with Crippen LogP contribution in [0.15, 0.2) is 24.3 Å². The van der Waals surface area contributed by atoms with Crippen molar-refractivity contribution in [2.75, 3.05) is 0 Å². The molecule has 0 fully saturated rings. The van der Waals surface area contributed by atoms with E-state index in [2.05, 4.69) is 5.10 Å². The van der Waals surface area contributed by atoms with E-state index in [4.69, 9.17) is 11.6 Å². The van der Waals surface area contributed by atoms with Gasteiger partial charge in [0.25, 0.3) is 5.91 Å². The van der Waals surface area contributed by atoms with E-state index in [1.54, 1.807) is 19.9 Å². The molecule has 0 radical (unpaired) electrons. The second-order valence-corrected chi connectivity index (χ2v) is 4.39. The molecule has 0 bridgehead atoms. The highest BCUT2D eigenvalue weighted by atomic mass is 35.5. The van der Waals surface area contributed by atoms with E-state index >= 15 is 0 Å². The maximum absolute atomic E-state index is 12.3. The van der Waals surface area contributed by atoms with Crippen molar-refractivity contribution < 1.29 is 4.79 Å². The monoisotopic (exact) mass is 248 g/mol. The van der Waals surface area contributed by atoms with Crippen LogP contribution in [0.25, 0.3) is 0 Å². The van der Waals surface area contributed by atoms with Gasteiger partial charge < -0.3 is 0 Å². The maximum Gasteiger partial charge on any atom is 0.278 e. The fraction of sp³-hybridized carbons (Fsp3) is 0.231. The Kier molecular flexibility index (Phi) is 3.03. The third-order valence-corrected chi connectivity index (χ3v) is 3.32. The summed E-state index contributed by atoms with van der Waals surface area (Å²) in [6.45, 7) is 5.48. The van der Waals surface area contributed by atoms with Gasteiger partial charge in [-0.3, -0.25) is 4.79 Å². The summed E-state index contributed by atoms with van der Waals surface area (Å²) in [4.78, 5) is 12.3. The number of hydrogen-bond acceptors (Lipinski definition) is 2. The first-order valence-corrected chi connectivity index (χ1v) is 5.72. The smallest absolute Gasteiger partial charge is 0.267 e. The first kappa shape index (κ1) is 11.9. The molecule has 0 spiro atoms. The summed E-state index contributed by atoms with van der Waals surface area (Å²) in [5.41, 5.74) is 2.93. The van der Waals surface area contributed by atoms with Gasteiger partial charge in [0.05, 0.1) is 16.4 Å². The first-order chi connectivity index (χ1) is 8.02. The lowest BCUT2D eigenvalue weighted by Crippen LogP contribution is -2.16. The molecule has 0 aliphatic rings. The molecule has 0 aliphatic heterocycles. The minimum Gasteiger partial charge on any atom is -0.267 e. The van der Waals surface area contributed by atoms with Crippen molar-refractivity contribution in [2.45, 2.75) is 20.8 Å². The predicted molar refractivity (Wildman–Crippen MR) is 67.6 cm³/mol. The fourth-order valence-electron chi connectivity index (χ4n) is 1.75. The Morgan fingerprint density at radius 3 is 2.41 bits per heavy atom. The van der Waals surface area contributed by atoms with Crippen LogP contribution in [0.2, 0.25) is 5.02 Å². The zero-order valence-corrected chi connectivity index (χ0v) is 10.7. The molecule has 3 nitrogen and oxygen atoms in total. The topological polar surface area (TPSA) is 34.9 Å². The standard InChI is InChI=1S/C13H13ClN2O/c1-8-6-4-5-7-11(8)13(17)16-10(3)12(14)9(2)15-16/h4-7H,1-3H3. The lowest BCUT2D eigenvalue weighted by atomic mass is 10.1. The van der Waals surface area contributed by atoms with Crippen LogP contribution in [0.3, 0.4) is 0 Å². The molecule has 0 atom stereocenters. The van der Waals surface area contributed by atoms with Crippen molar-refractivity contribution >= 4 is 17.5 Å². The van der Waals surface area contributed by atoms with E-state index in [1.807, 2.05) is 25.1 Å². The van der Waals surface area contributed by atoms with Crippen LogP contribution in [0, 0.1) is 20.8 Å². The van der Waals surface area contributed by atoms with Crippen LogP contribution in [0.5, 0.6) is 0 Å². The van der Waals surface area contributed by atoms with Gasteiger partial charge in [-0.25, -0.2) is 0 Å². The van der Waals surface area contributed by atoms with E-state index < -0.39 is 0 Å². The Labute approximate surface area is 105 Å². The molecule has 2 rings (SSSR count). The van der Waals surface area contributed by atoms with Gasteiger partial charge in [0.1, 0.15) is 0 Å². The van der Waals surface area contributed by atoms with Crippen molar-refractivity contribution in [3.8, 4) is 0 Å². The van der Waals surface area contributed by atoms with Crippen LogP contribution in [0.1, 0.15) is 27.3 Å². The van der Waals surface area contributed by atoms with Crippen molar-refractivity contribution in [3.63, 3.8) is 0 Å². The number of nitrogens with zero attached hydrogens (tertiary/aromatic N) is 2. The van der Waals surface area contributed by atoms with Gasteiger partial charge in [-0.15, -0.1) is 0 Å². The summed E-state index contributed by atoms with van der Waals surface area (Å²) >= 11 is 6.03. The normalized spacial score (nSPS) is 10.6. The van der Waals surface area contributed by atoms with Crippen molar-refractivity contribution in [3.05, 3.63) is 51.8 Å². The van der Waals surface area contributed by atoms with Crippen LogP contribution in [-0.2, 0) is 0 Å². The minimum absolute atomic E-state index is 0.143. The number of benzene rings is 1. The van der Waals surface area contributed by atoms with E-state index in [0.717, 1.165) is 5.56 Å². The average Bonchev–Trinajstić information content (AvgIpc) is 2.57. The van der Waals surface area contributed by atoms with Crippen LogP contribution in [0.4, 0.5) is 0 Å². The van der Waals surface area contributed by atoms with E-state index in [1.165, 1.54) is 4.68 Å². The average molecular weight is 249 g/mol. The second-order valence-electron chi connectivity index (χ2n) is 4.02. The van der Waals surface area contributed by atoms with Crippen molar-refractivity contribution in [1.82, 2.24) is 9.78 Å². The molecule has 0 saturated carbocycles. The van der Waals surface area contributed by atoms with Crippen molar-refractivity contribution in [1.29, 1.82) is 0 Å². The zero-order chi connectivity index (χ0) is 12.6. The number of rotatable bonds is 1. The van der Waals surface area contributed by atoms with Gasteiger partial charge in [0.2, 0.25) is 0 Å². The summed E-state index contributed by atoms with van der Waals surface area (Å²) in [5.74, 6) is -0.143. The van der Waals surface area contributed by atoms with Crippen molar-refractivity contribution in [2.24, 2.45) is 0 Å². The number of carbonyl (C=O) groups excluding carboxylic acids is 1. The lowest BCUT2D eigenvalue weighted by molar-refractivity contribution is 0.0942. The summed E-state index contributed by atoms with van der Waals surface area (Å²) in [6.07, 6.45) is 0. The van der Waals surface area contributed by atoms with Gasteiger partial charge >= 0.3 is 0 Å². The number of carbonyl (C=O) groups is 1. The Morgan fingerprint density at radius 1 is 1.24 bits per heavy atom. The number of hydrogen-bond donors (Lipinski definition) is 0. The summed E-state index contributed by atoms with van der Waals surface area (Å²) in [5, 5.41) is 4.71. The van der Waals surface area contributed by atoms with Gasteiger partial charge in [0, 0.05) is 5.56 Å². The first-order valence-electron chi connectivity index (χ1n) is 5.34. The maximum atomic E-state index is 12.3. The molecule has 0 amide bonds. The quantitative estimate of drug-likeness (QED) is 0.777. The molecular formula is C13H13ClN2O. The Bertz CT molecular complexity index is 587. The third-order valence-electron chi connectivity index (χ3n) is 2.77. The van der Waals surface area contributed by atoms with E-state index in [9.17, 15) is 4.79 Å².